The van der Waals surface area contributed by atoms with Crippen molar-refractivity contribution in [2.75, 3.05) is 138 Å². The zero-order valence-electron chi connectivity index (χ0n) is 47.4. The number of nitrogens with zero attached hydrogens (tertiary/aromatic N) is 6. The zero-order chi connectivity index (χ0) is 62.1. The van der Waals surface area contributed by atoms with Gasteiger partial charge in [0.1, 0.15) is 38.0 Å². The molecule has 27 nitrogen and oxygen atoms in total. The first-order valence-corrected chi connectivity index (χ1v) is 27.1. The molecule has 0 spiro atoms. The summed E-state index contributed by atoms with van der Waals surface area (Å²) in [5.41, 5.74) is 2.24. The van der Waals surface area contributed by atoms with Crippen LogP contribution in [0.2, 0.25) is 0 Å². The second kappa shape index (κ2) is 45.0. The summed E-state index contributed by atoms with van der Waals surface area (Å²) >= 11 is 18.3. The average Bonchev–Trinajstić information content (AvgIpc) is 4.48. The second-order valence-corrected chi connectivity index (χ2v) is 17.7. The van der Waals surface area contributed by atoms with Gasteiger partial charge in [-0.05, 0) is 66.7 Å². The number of nitrogens with one attached hydrogen (secondary N) is 4. The van der Waals surface area contributed by atoms with E-state index in [-0.39, 0.29) is 64.8 Å². The van der Waals surface area contributed by atoms with Gasteiger partial charge >= 0.3 is 59.8 Å². The monoisotopic (exact) mass is 1280 g/mol. The second-order valence-electron chi connectivity index (χ2n) is 16.5. The molecule has 4 aliphatic rings. The van der Waals surface area contributed by atoms with Gasteiger partial charge in [-0.15, -0.1) is 34.8 Å². The van der Waals surface area contributed by atoms with Gasteiger partial charge in [-0.2, -0.15) is 0 Å². The summed E-state index contributed by atoms with van der Waals surface area (Å²) in [6, 6.07) is 21.6. The van der Waals surface area contributed by atoms with Crippen molar-refractivity contribution in [2.45, 2.75) is 0 Å². The molecule has 0 saturated carbocycles. The van der Waals surface area contributed by atoms with E-state index in [1.165, 1.54) is 52.9 Å². The van der Waals surface area contributed by atoms with E-state index in [0.717, 1.165) is 19.4 Å². The van der Waals surface area contributed by atoms with Crippen molar-refractivity contribution in [1.82, 2.24) is 40.9 Å². The first-order chi connectivity index (χ1) is 40.8. The number of carbonyl (C=O) groups excluding carboxylic acids is 6. The van der Waals surface area contributed by atoms with Gasteiger partial charge in [-0.25, -0.2) is 31.0 Å². The number of methoxy groups -OCH3 is 4. The molecule has 4 saturated heterocycles. The van der Waals surface area contributed by atoms with Crippen molar-refractivity contribution in [2.24, 2.45) is 5.16 Å². The summed E-state index contributed by atoms with van der Waals surface area (Å²) in [5.74, 6) is 4.12. The molecule has 85 heavy (non-hydrogen) atoms. The zero-order valence-corrected chi connectivity index (χ0v) is 52.4. The minimum Gasteiger partial charge on any atom is -0.769 e. The maximum absolute atomic E-state index is 11.4. The Morgan fingerprint density at radius 2 is 0.894 bits per heavy atom. The fraction of sp³-hybridized carbons (Fsp3) is 0.396. The molecule has 4 aromatic carbocycles. The third kappa shape index (κ3) is 27.9. The normalized spacial score (nSPS) is 13.2. The number of hydrogen-bond donors (Lipinski definition) is 6. The first kappa shape index (κ1) is 75.6. The largest absolute Gasteiger partial charge is 1.00 e. The van der Waals surface area contributed by atoms with Gasteiger partial charge in [0.15, 0.2) is 46.0 Å². The molecule has 460 valence electrons. The Balaban J connectivity index is 0.000000532. The number of aldehydes is 2. The van der Waals surface area contributed by atoms with Crippen molar-refractivity contribution < 1.29 is 106 Å². The number of benzene rings is 4. The molecule has 0 bridgehead atoms. The minimum absolute atomic E-state index is 0. The SMILES string of the molecule is COc1cc(/C=N/O)ccc1OCCN1CCNC1=O.COc1cc(C#[N+][O-])ccc1OCCN1CCNC1=O.COc1cc(C=O)ccc1O.COc1cc(C=O)ccc1OCCN1CCNC1=O.ClCCl.O=C1NCCN1CCCl.[Na+].[O-]Cl. The number of amides is 8. The number of ether oxygens (including phenoxy) is 7. The summed E-state index contributed by atoms with van der Waals surface area (Å²) in [5, 5.41) is 44.3. The number of carbonyl (C=O) groups is 6. The van der Waals surface area contributed by atoms with E-state index in [1.807, 2.05) is 0 Å². The predicted octanol–water partition coefficient (Wildman–Crippen LogP) is 2.49. The van der Waals surface area contributed by atoms with Crippen LogP contribution < -0.4 is 88.6 Å². The van der Waals surface area contributed by atoms with Crippen LogP contribution in [0.1, 0.15) is 31.8 Å². The van der Waals surface area contributed by atoms with E-state index < -0.39 is 0 Å². The summed E-state index contributed by atoms with van der Waals surface area (Å²) in [4.78, 5) is 72.4. The predicted molar refractivity (Wildman–Crippen MR) is 313 cm³/mol. The molecule has 0 aromatic heterocycles. The molecule has 0 aliphatic carbocycles. The van der Waals surface area contributed by atoms with Crippen molar-refractivity contribution in [1.29, 1.82) is 0 Å². The number of phenols is 1. The Bertz CT molecular complexity index is 2770. The number of oxime groups is 1. The van der Waals surface area contributed by atoms with Gasteiger partial charge in [0, 0.05) is 92.5 Å². The van der Waals surface area contributed by atoms with Crippen LogP contribution in [0.25, 0.3) is 5.01 Å². The van der Waals surface area contributed by atoms with Crippen molar-refractivity contribution in [3.63, 3.8) is 0 Å². The van der Waals surface area contributed by atoms with Crippen molar-refractivity contribution >= 4 is 89.6 Å². The summed E-state index contributed by atoms with van der Waals surface area (Å²) in [7, 11) is 6.00. The van der Waals surface area contributed by atoms with E-state index in [9.17, 15) is 34.0 Å². The van der Waals surface area contributed by atoms with E-state index in [0.29, 0.717) is 160 Å². The smallest absolute Gasteiger partial charge is 0.769 e. The number of phenolic OH excluding ortho intramolecular Hbond substituents is 1. The third-order valence-corrected chi connectivity index (χ3v) is 11.6. The van der Waals surface area contributed by atoms with Gasteiger partial charge in [-0.1, -0.05) is 5.16 Å². The molecule has 8 rings (SSSR count). The molecule has 8 amide bonds. The average molecular weight is 1280 g/mol. The molecule has 6 N–H and O–H groups in total. The number of rotatable bonds is 21. The minimum atomic E-state index is -0.0721. The summed E-state index contributed by atoms with van der Waals surface area (Å²) in [6.07, 6.45) is 2.75. The summed E-state index contributed by atoms with van der Waals surface area (Å²) < 4.78 is 44.8. The van der Waals surface area contributed by atoms with Crippen LogP contribution in [-0.4, -0.2) is 211 Å². The molecule has 0 unspecified atom stereocenters. The summed E-state index contributed by atoms with van der Waals surface area (Å²) in [6.45, 7) is 9.00. The van der Waals surface area contributed by atoms with E-state index in [1.54, 1.807) is 74.2 Å². The number of halogens is 4. The molecule has 4 aliphatic heterocycles. The molecule has 4 fully saturated rings. The number of urea groups is 4. The van der Waals surface area contributed by atoms with Gasteiger partial charge in [-0.3, -0.25) is 9.59 Å². The van der Waals surface area contributed by atoms with Crippen LogP contribution >= 0.6 is 46.7 Å². The Morgan fingerprint density at radius 3 is 1.24 bits per heavy atom. The molecular formula is C53H67Cl4N10NaO17. The molecular weight excluding hydrogens is 1210 g/mol. The van der Waals surface area contributed by atoms with Crippen LogP contribution in [0.5, 0.6) is 46.0 Å². The van der Waals surface area contributed by atoms with Crippen LogP contribution in [0.3, 0.4) is 0 Å². The van der Waals surface area contributed by atoms with Crippen molar-refractivity contribution in [3.05, 3.63) is 105 Å². The van der Waals surface area contributed by atoms with Gasteiger partial charge in [0.05, 0.1) is 59.6 Å². The maximum Gasteiger partial charge on any atom is 1.00 e. The molecule has 0 radical (unpaired) electrons. The van der Waals surface area contributed by atoms with Crippen LogP contribution in [-0.2, 0) is 0 Å². The first-order valence-electron chi connectivity index (χ1n) is 25.2. The molecule has 4 heterocycles. The Hall–Kier alpha value is -7.42. The van der Waals surface area contributed by atoms with E-state index in [4.69, 9.17) is 82.9 Å². The van der Waals surface area contributed by atoms with Gasteiger partial charge in [0.2, 0.25) is 0 Å². The molecule has 32 heteroatoms. The maximum atomic E-state index is 11.4. The van der Waals surface area contributed by atoms with Crippen LogP contribution in [0, 0.1) is 11.3 Å². The Morgan fingerprint density at radius 1 is 0.553 bits per heavy atom. The standard InChI is InChI=1S/C13H17N3O4.C13H15N3O4.C13H16N2O4.C8H8O3.C5H9ClN2O.CH2Cl2.ClO.Na/c2*1-19-12-8-10(9-15-18)2-3-11(12)20-7-6-16-5-4-14-13(16)17;1-18-12-8-10(9-16)2-3-11(12)19-7-6-15-5-4-14-13(15)17;1-11-8-4-6(5-9)2-3-7(8)10;6-1-3-8-4-2-7-5(8)9;2-1-3;1-2;/h2-3,8-9,18H,4-7H2,1H3,(H,14,17);2-3,8H,4-7H2,1H3,(H,14,17);2-3,8-9H,4-7H2,1H3,(H,14,17);2-5,10H,1H3;1-4H2,(H,7,9);1H2;;/q;;;;;;-1;+1/b15-9+;;;;;;;. The van der Waals surface area contributed by atoms with Crippen LogP contribution in [0.15, 0.2) is 78.0 Å². The number of alkyl halides is 3. The Labute approximate surface area is 534 Å². The molecule has 4 aromatic rings. The quantitative estimate of drug-likeness (QED) is 0.0174. The van der Waals surface area contributed by atoms with Crippen LogP contribution in [0.4, 0.5) is 19.2 Å². The van der Waals surface area contributed by atoms with E-state index in [2.05, 4.69) is 49.4 Å². The third-order valence-electron chi connectivity index (χ3n) is 11.4. The van der Waals surface area contributed by atoms with Gasteiger partial charge < -0.3 is 94.2 Å². The fourth-order valence-electron chi connectivity index (χ4n) is 7.30. The van der Waals surface area contributed by atoms with Crippen molar-refractivity contribution in [3.8, 4) is 52.1 Å². The van der Waals surface area contributed by atoms with E-state index >= 15 is 0 Å². The topological polar surface area (TPSA) is 331 Å². The molecule has 0 atom stereocenters. The van der Waals surface area contributed by atoms with Gasteiger partial charge in [0.25, 0.3) is 0 Å². The fourth-order valence-corrected chi connectivity index (χ4v) is 7.51. The number of hydrogen-bond acceptors (Lipinski definition) is 18. The Kier molecular flexibility index (Phi) is 40.0. The number of aromatic hydroxyl groups is 1.